The fourth-order valence-electron chi connectivity index (χ4n) is 2.10. The maximum absolute atomic E-state index is 9.26. The number of anilines is 1. The Hall–Kier alpha value is -2.02. The summed E-state index contributed by atoms with van der Waals surface area (Å²) in [5, 5.41) is 18.9. The Morgan fingerprint density at radius 2 is 1.85 bits per heavy atom. The van der Waals surface area contributed by atoms with Gasteiger partial charge in [0.1, 0.15) is 6.07 Å². The van der Waals surface area contributed by atoms with E-state index in [-0.39, 0.29) is 6.61 Å². The summed E-state index contributed by atoms with van der Waals surface area (Å²) >= 11 is 6.07. The average molecular weight is 287 g/mol. The summed E-state index contributed by atoms with van der Waals surface area (Å²) < 4.78 is 0. The quantitative estimate of drug-likeness (QED) is 0.918. The predicted molar refractivity (Wildman–Crippen MR) is 80.7 cm³/mol. The Bertz CT molecular complexity index is 608. The second-order valence-corrected chi connectivity index (χ2v) is 4.78. The second-order valence-electron chi connectivity index (χ2n) is 4.38. The molecule has 0 aliphatic carbocycles. The monoisotopic (exact) mass is 286 g/mol. The van der Waals surface area contributed by atoms with Gasteiger partial charge in [0.15, 0.2) is 0 Å². The first-order valence-electron chi connectivity index (χ1n) is 6.34. The van der Waals surface area contributed by atoms with Crippen molar-refractivity contribution in [3.8, 4) is 6.07 Å². The van der Waals surface area contributed by atoms with Gasteiger partial charge in [-0.3, -0.25) is 0 Å². The van der Waals surface area contributed by atoms with Gasteiger partial charge in [0, 0.05) is 13.1 Å². The van der Waals surface area contributed by atoms with Gasteiger partial charge in [0.2, 0.25) is 0 Å². The standard InChI is InChI=1S/C16H15ClN2O/c17-15-7-4-8-16(14(15)11-18)19(9-10-20)12-13-5-2-1-3-6-13/h1-8,20H,9-10,12H2. The topological polar surface area (TPSA) is 47.3 Å². The van der Waals surface area contributed by atoms with Gasteiger partial charge in [-0.25, -0.2) is 0 Å². The Balaban J connectivity index is 2.34. The summed E-state index contributed by atoms with van der Waals surface area (Å²) in [5.41, 5.74) is 2.31. The highest BCUT2D eigenvalue weighted by atomic mass is 35.5. The van der Waals surface area contributed by atoms with Crippen LogP contribution in [0.4, 0.5) is 5.69 Å². The van der Waals surface area contributed by atoms with E-state index < -0.39 is 0 Å². The van der Waals surface area contributed by atoms with Crippen molar-refractivity contribution in [2.24, 2.45) is 0 Å². The van der Waals surface area contributed by atoms with E-state index in [1.165, 1.54) is 0 Å². The van der Waals surface area contributed by atoms with Gasteiger partial charge < -0.3 is 10.0 Å². The summed E-state index contributed by atoms with van der Waals surface area (Å²) in [6.07, 6.45) is 0. The number of hydrogen-bond acceptors (Lipinski definition) is 3. The van der Waals surface area contributed by atoms with Crippen molar-refractivity contribution in [2.75, 3.05) is 18.1 Å². The average Bonchev–Trinajstić information content (AvgIpc) is 2.47. The lowest BCUT2D eigenvalue weighted by molar-refractivity contribution is 0.301. The van der Waals surface area contributed by atoms with E-state index in [2.05, 4.69) is 6.07 Å². The molecular formula is C16H15ClN2O. The van der Waals surface area contributed by atoms with Crippen molar-refractivity contribution < 1.29 is 5.11 Å². The van der Waals surface area contributed by atoms with E-state index in [0.717, 1.165) is 11.3 Å². The van der Waals surface area contributed by atoms with Crippen molar-refractivity contribution in [1.82, 2.24) is 0 Å². The van der Waals surface area contributed by atoms with Crippen LogP contribution in [-0.4, -0.2) is 18.3 Å². The van der Waals surface area contributed by atoms with E-state index in [1.54, 1.807) is 6.07 Å². The van der Waals surface area contributed by atoms with Crippen LogP contribution in [0.25, 0.3) is 0 Å². The fraction of sp³-hybridized carbons (Fsp3) is 0.188. The van der Waals surface area contributed by atoms with Crippen molar-refractivity contribution in [3.63, 3.8) is 0 Å². The molecule has 0 spiro atoms. The van der Waals surface area contributed by atoms with E-state index in [1.807, 2.05) is 47.4 Å². The van der Waals surface area contributed by atoms with Gasteiger partial charge in [0.05, 0.1) is 22.9 Å². The van der Waals surface area contributed by atoms with E-state index >= 15 is 0 Å². The Morgan fingerprint density at radius 1 is 1.10 bits per heavy atom. The summed E-state index contributed by atoms with van der Waals surface area (Å²) in [5.74, 6) is 0. The molecule has 1 N–H and O–H groups in total. The lowest BCUT2D eigenvalue weighted by Gasteiger charge is -2.25. The normalized spacial score (nSPS) is 10.1. The lowest BCUT2D eigenvalue weighted by Crippen LogP contribution is -2.26. The predicted octanol–water partition coefficient (Wildman–Crippen LogP) is 3.21. The molecule has 0 aliphatic rings. The molecule has 0 fully saturated rings. The van der Waals surface area contributed by atoms with Gasteiger partial charge in [-0.1, -0.05) is 48.0 Å². The third-order valence-electron chi connectivity index (χ3n) is 3.03. The van der Waals surface area contributed by atoms with Gasteiger partial charge in [-0.05, 0) is 17.7 Å². The van der Waals surface area contributed by atoms with Crippen molar-refractivity contribution in [2.45, 2.75) is 6.54 Å². The molecule has 102 valence electrons. The second kappa shape index (κ2) is 6.95. The first kappa shape index (κ1) is 14.4. The van der Waals surface area contributed by atoms with Crippen LogP contribution in [0.3, 0.4) is 0 Å². The minimum absolute atomic E-state index is 0.0181. The Labute approximate surface area is 123 Å². The lowest BCUT2D eigenvalue weighted by atomic mass is 10.1. The molecule has 0 aromatic heterocycles. The molecule has 0 saturated heterocycles. The molecule has 0 atom stereocenters. The molecule has 0 unspecified atom stereocenters. The van der Waals surface area contributed by atoms with Crippen LogP contribution < -0.4 is 4.90 Å². The molecule has 0 amide bonds. The van der Waals surface area contributed by atoms with Gasteiger partial charge in [0.25, 0.3) is 0 Å². The molecule has 2 aromatic rings. The minimum Gasteiger partial charge on any atom is -0.395 e. The number of aliphatic hydroxyl groups is 1. The number of benzene rings is 2. The molecule has 4 heteroatoms. The Morgan fingerprint density at radius 3 is 2.50 bits per heavy atom. The number of nitriles is 1. The Kier molecular flexibility index (Phi) is 5.00. The summed E-state index contributed by atoms with van der Waals surface area (Å²) in [6.45, 7) is 1.09. The number of hydrogen-bond donors (Lipinski definition) is 1. The molecule has 0 bridgehead atoms. The van der Waals surface area contributed by atoms with Crippen LogP contribution in [-0.2, 0) is 6.54 Å². The highest BCUT2D eigenvalue weighted by Gasteiger charge is 2.13. The third kappa shape index (κ3) is 3.30. The van der Waals surface area contributed by atoms with Gasteiger partial charge in [-0.15, -0.1) is 0 Å². The first-order chi connectivity index (χ1) is 9.76. The van der Waals surface area contributed by atoms with Gasteiger partial charge >= 0.3 is 0 Å². The molecule has 0 heterocycles. The zero-order chi connectivity index (χ0) is 14.4. The van der Waals surface area contributed by atoms with Crippen LogP contribution >= 0.6 is 11.6 Å². The maximum Gasteiger partial charge on any atom is 0.103 e. The van der Waals surface area contributed by atoms with Crippen LogP contribution in [0.2, 0.25) is 5.02 Å². The largest absolute Gasteiger partial charge is 0.395 e. The number of halogens is 1. The summed E-state index contributed by atoms with van der Waals surface area (Å²) in [4.78, 5) is 1.96. The minimum atomic E-state index is 0.0181. The van der Waals surface area contributed by atoms with Crippen LogP contribution in [0.15, 0.2) is 48.5 Å². The number of rotatable bonds is 5. The number of aliphatic hydroxyl groups excluding tert-OH is 1. The molecular weight excluding hydrogens is 272 g/mol. The molecule has 3 nitrogen and oxygen atoms in total. The fourth-order valence-corrected chi connectivity index (χ4v) is 2.31. The smallest absolute Gasteiger partial charge is 0.103 e. The molecule has 0 aliphatic heterocycles. The van der Waals surface area contributed by atoms with E-state index in [4.69, 9.17) is 11.6 Å². The molecule has 0 saturated carbocycles. The zero-order valence-electron chi connectivity index (χ0n) is 11.0. The first-order valence-corrected chi connectivity index (χ1v) is 6.72. The number of nitrogens with zero attached hydrogens (tertiary/aromatic N) is 2. The maximum atomic E-state index is 9.26. The molecule has 2 rings (SSSR count). The van der Waals surface area contributed by atoms with Crippen LogP contribution in [0.5, 0.6) is 0 Å². The van der Waals surface area contributed by atoms with E-state index in [9.17, 15) is 10.4 Å². The van der Waals surface area contributed by atoms with Crippen LogP contribution in [0, 0.1) is 11.3 Å². The third-order valence-corrected chi connectivity index (χ3v) is 3.35. The van der Waals surface area contributed by atoms with Crippen LogP contribution in [0.1, 0.15) is 11.1 Å². The molecule has 2 aromatic carbocycles. The van der Waals surface area contributed by atoms with Gasteiger partial charge in [-0.2, -0.15) is 5.26 Å². The molecule has 0 radical (unpaired) electrons. The highest BCUT2D eigenvalue weighted by molar-refractivity contribution is 6.32. The summed E-state index contributed by atoms with van der Waals surface area (Å²) in [6, 6.07) is 17.4. The van der Waals surface area contributed by atoms with Crippen molar-refractivity contribution in [1.29, 1.82) is 5.26 Å². The highest BCUT2D eigenvalue weighted by Crippen LogP contribution is 2.27. The SMILES string of the molecule is N#Cc1c(Cl)cccc1N(CCO)Cc1ccccc1. The van der Waals surface area contributed by atoms with E-state index in [0.29, 0.717) is 23.7 Å². The van der Waals surface area contributed by atoms with Crippen molar-refractivity contribution in [3.05, 3.63) is 64.7 Å². The summed E-state index contributed by atoms with van der Waals surface area (Å²) in [7, 11) is 0. The van der Waals surface area contributed by atoms with Crippen molar-refractivity contribution >= 4 is 17.3 Å². The zero-order valence-corrected chi connectivity index (χ0v) is 11.7. The molecule has 20 heavy (non-hydrogen) atoms.